The Morgan fingerprint density at radius 3 is 2.64 bits per heavy atom. The highest BCUT2D eigenvalue weighted by Crippen LogP contribution is 2.05. The standard InChI is InChI=1S/C10H7NO3/c12-10(8-4-2-1-3-5-8)9-6-7-13-14-11-9/h1-7H. The molecular formula is C10H7NO3. The van der Waals surface area contributed by atoms with Gasteiger partial charge in [-0.25, -0.2) is 0 Å². The van der Waals surface area contributed by atoms with Crippen LogP contribution in [0.15, 0.2) is 47.8 Å². The van der Waals surface area contributed by atoms with Gasteiger partial charge in [0, 0.05) is 11.6 Å². The van der Waals surface area contributed by atoms with Gasteiger partial charge in [-0.05, 0) is 5.16 Å². The molecule has 0 fully saturated rings. The molecule has 2 rings (SSSR count). The summed E-state index contributed by atoms with van der Waals surface area (Å²) in [6.45, 7) is 0. The normalized spacial score (nSPS) is 13.9. The molecule has 0 atom stereocenters. The molecule has 0 bridgehead atoms. The topological polar surface area (TPSA) is 47.9 Å². The summed E-state index contributed by atoms with van der Waals surface area (Å²) in [4.78, 5) is 20.4. The maximum atomic E-state index is 11.7. The first-order chi connectivity index (χ1) is 6.88. The molecule has 0 unspecified atom stereocenters. The maximum absolute atomic E-state index is 11.7. The lowest BCUT2D eigenvalue weighted by atomic mass is 10.1. The van der Waals surface area contributed by atoms with Crippen LogP contribution in [0.5, 0.6) is 0 Å². The second-order valence-electron chi connectivity index (χ2n) is 2.65. The van der Waals surface area contributed by atoms with Gasteiger partial charge in [0.05, 0.1) is 0 Å². The lowest BCUT2D eigenvalue weighted by Crippen LogP contribution is -2.14. The third kappa shape index (κ3) is 1.64. The van der Waals surface area contributed by atoms with Gasteiger partial charge in [0.2, 0.25) is 5.78 Å². The second-order valence-corrected chi connectivity index (χ2v) is 2.65. The Morgan fingerprint density at radius 2 is 2.00 bits per heavy atom. The zero-order chi connectivity index (χ0) is 9.80. The molecule has 1 heterocycles. The first-order valence-electron chi connectivity index (χ1n) is 4.05. The van der Waals surface area contributed by atoms with Crippen LogP contribution >= 0.6 is 0 Å². The number of carbonyl (C=O) groups is 1. The Hall–Kier alpha value is -2.10. The molecule has 0 aliphatic carbocycles. The Balaban J connectivity index is 2.25. The molecule has 0 aromatic heterocycles. The lowest BCUT2D eigenvalue weighted by Gasteiger charge is -2.03. The highest BCUT2D eigenvalue weighted by molar-refractivity contribution is 6.49. The van der Waals surface area contributed by atoms with Gasteiger partial charge in [-0.1, -0.05) is 30.3 Å². The molecule has 0 amide bonds. The molecule has 0 radical (unpaired) electrons. The predicted octanol–water partition coefficient (Wildman–Crippen LogP) is 1.70. The molecule has 1 aliphatic rings. The van der Waals surface area contributed by atoms with Crippen LogP contribution in [0.1, 0.15) is 10.4 Å². The van der Waals surface area contributed by atoms with E-state index >= 15 is 0 Å². The van der Waals surface area contributed by atoms with E-state index in [4.69, 9.17) is 0 Å². The van der Waals surface area contributed by atoms with E-state index < -0.39 is 0 Å². The molecule has 0 saturated heterocycles. The van der Waals surface area contributed by atoms with E-state index in [9.17, 15) is 4.79 Å². The molecule has 0 spiro atoms. The van der Waals surface area contributed by atoms with E-state index in [0.717, 1.165) is 0 Å². The number of allylic oxidation sites excluding steroid dienone is 1. The van der Waals surface area contributed by atoms with E-state index in [1.807, 2.05) is 6.07 Å². The van der Waals surface area contributed by atoms with E-state index in [1.54, 1.807) is 24.3 Å². The lowest BCUT2D eigenvalue weighted by molar-refractivity contribution is -0.251. The monoisotopic (exact) mass is 189 g/mol. The minimum absolute atomic E-state index is 0.190. The van der Waals surface area contributed by atoms with Crippen LogP contribution in [0.2, 0.25) is 0 Å². The van der Waals surface area contributed by atoms with Crippen molar-refractivity contribution in [2.24, 2.45) is 5.16 Å². The number of hydrogen-bond donors (Lipinski definition) is 0. The van der Waals surface area contributed by atoms with Gasteiger partial charge in [-0.15, -0.1) is 0 Å². The number of rotatable bonds is 2. The Kier molecular flexibility index (Phi) is 2.27. The highest BCUT2D eigenvalue weighted by Gasteiger charge is 2.14. The van der Waals surface area contributed by atoms with Crippen molar-refractivity contribution in [1.29, 1.82) is 0 Å². The number of oxime groups is 1. The van der Waals surface area contributed by atoms with Crippen molar-refractivity contribution in [1.82, 2.24) is 0 Å². The molecular weight excluding hydrogens is 182 g/mol. The molecule has 1 aliphatic heterocycles. The fourth-order valence-electron chi connectivity index (χ4n) is 1.06. The molecule has 4 nitrogen and oxygen atoms in total. The second kappa shape index (κ2) is 3.74. The van der Waals surface area contributed by atoms with Gasteiger partial charge in [-0.2, -0.15) is 4.99 Å². The Bertz CT molecular complexity index is 395. The number of Topliss-reactive ketones (excluding diaryl/α,β-unsaturated/α-hetero) is 1. The average Bonchev–Trinajstić information content (AvgIpc) is 2.30. The van der Waals surface area contributed by atoms with Crippen molar-refractivity contribution in [3.63, 3.8) is 0 Å². The number of hydrogen-bond acceptors (Lipinski definition) is 4. The Morgan fingerprint density at radius 1 is 1.21 bits per heavy atom. The zero-order valence-electron chi connectivity index (χ0n) is 7.21. The van der Waals surface area contributed by atoms with Crippen molar-refractivity contribution in [3.8, 4) is 0 Å². The summed E-state index contributed by atoms with van der Waals surface area (Å²) >= 11 is 0. The van der Waals surface area contributed by atoms with Crippen molar-refractivity contribution >= 4 is 11.5 Å². The van der Waals surface area contributed by atoms with E-state index in [1.165, 1.54) is 12.3 Å². The molecule has 1 aromatic rings. The fourth-order valence-corrected chi connectivity index (χ4v) is 1.06. The fraction of sp³-hybridized carbons (Fsp3) is 0. The summed E-state index contributed by atoms with van der Waals surface area (Å²) in [7, 11) is 0. The zero-order valence-corrected chi connectivity index (χ0v) is 7.21. The molecule has 14 heavy (non-hydrogen) atoms. The van der Waals surface area contributed by atoms with Crippen LogP contribution in [-0.4, -0.2) is 11.5 Å². The van der Waals surface area contributed by atoms with Crippen molar-refractivity contribution in [3.05, 3.63) is 48.2 Å². The summed E-state index contributed by atoms with van der Waals surface area (Å²) in [5.74, 6) is -0.190. The summed E-state index contributed by atoms with van der Waals surface area (Å²) in [6, 6.07) is 8.85. The van der Waals surface area contributed by atoms with Gasteiger partial charge < -0.3 is 0 Å². The number of ketones is 1. The SMILES string of the molecule is O=C(C1=NOOC=C1)c1ccccc1. The number of carbonyl (C=O) groups excluding carboxylic acids is 1. The molecule has 70 valence electrons. The van der Waals surface area contributed by atoms with Crippen LogP contribution in [0.4, 0.5) is 0 Å². The maximum Gasteiger partial charge on any atom is 0.215 e. The summed E-state index contributed by atoms with van der Waals surface area (Å²) < 4.78 is 0. The minimum atomic E-state index is -0.190. The third-order valence-corrected chi connectivity index (χ3v) is 1.73. The molecule has 4 heteroatoms. The average molecular weight is 189 g/mol. The van der Waals surface area contributed by atoms with Crippen LogP contribution in [0, 0.1) is 0 Å². The predicted molar refractivity (Wildman–Crippen MR) is 49.5 cm³/mol. The van der Waals surface area contributed by atoms with Crippen LogP contribution in [-0.2, 0) is 9.88 Å². The Labute approximate surface area is 80.4 Å². The summed E-state index contributed by atoms with van der Waals surface area (Å²) in [5, 5.41) is 3.46. The van der Waals surface area contributed by atoms with Gasteiger partial charge in [0.25, 0.3) is 0 Å². The first-order valence-corrected chi connectivity index (χ1v) is 4.05. The van der Waals surface area contributed by atoms with Crippen LogP contribution < -0.4 is 0 Å². The van der Waals surface area contributed by atoms with Crippen LogP contribution in [0.3, 0.4) is 0 Å². The quantitative estimate of drug-likeness (QED) is 0.525. The van der Waals surface area contributed by atoms with Gasteiger partial charge in [0.15, 0.2) is 5.71 Å². The smallest absolute Gasteiger partial charge is 0.215 e. The summed E-state index contributed by atoms with van der Waals surface area (Å²) in [5.41, 5.74) is 0.795. The molecule has 0 N–H and O–H groups in total. The molecule has 1 aromatic carbocycles. The first kappa shape index (κ1) is 8.50. The summed E-state index contributed by atoms with van der Waals surface area (Å²) in [6.07, 6.45) is 2.72. The molecule has 0 saturated carbocycles. The van der Waals surface area contributed by atoms with Crippen LogP contribution in [0.25, 0.3) is 0 Å². The number of benzene rings is 1. The third-order valence-electron chi connectivity index (χ3n) is 1.73. The van der Waals surface area contributed by atoms with Gasteiger partial charge >= 0.3 is 0 Å². The highest BCUT2D eigenvalue weighted by atomic mass is 17.3. The van der Waals surface area contributed by atoms with E-state index in [2.05, 4.69) is 15.0 Å². The van der Waals surface area contributed by atoms with E-state index in [0.29, 0.717) is 5.56 Å². The van der Waals surface area contributed by atoms with Gasteiger partial charge in [0.1, 0.15) is 6.26 Å². The van der Waals surface area contributed by atoms with Crippen molar-refractivity contribution in [2.45, 2.75) is 0 Å². The van der Waals surface area contributed by atoms with Gasteiger partial charge in [-0.3, -0.25) is 9.68 Å². The number of nitrogens with zero attached hydrogens (tertiary/aromatic N) is 1. The van der Waals surface area contributed by atoms with Crippen molar-refractivity contribution < 1.29 is 14.7 Å². The van der Waals surface area contributed by atoms with E-state index in [-0.39, 0.29) is 11.5 Å². The largest absolute Gasteiger partial charge is 0.287 e. The minimum Gasteiger partial charge on any atom is -0.287 e. The van der Waals surface area contributed by atoms with Crippen molar-refractivity contribution in [2.75, 3.05) is 0 Å².